The van der Waals surface area contributed by atoms with Crippen molar-refractivity contribution in [1.82, 2.24) is 0 Å². The summed E-state index contributed by atoms with van der Waals surface area (Å²) in [5, 5.41) is 0. The van der Waals surface area contributed by atoms with Crippen molar-refractivity contribution in [3.05, 3.63) is 0 Å². The second-order valence-electron chi connectivity index (χ2n) is 2.56. The van der Waals surface area contributed by atoms with Gasteiger partial charge in [0.05, 0.1) is 0 Å². The fraction of sp³-hybridized carbons (Fsp3) is 1.00. The minimum Gasteiger partial charge on any atom is -0.195 e. The lowest BCUT2D eigenvalue weighted by atomic mass is 10.2. The monoisotopic (exact) mass is 388 g/mol. The number of alkyl halides is 4. The van der Waals surface area contributed by atoms with Crippen molar-refractivity contribution >= 4 is 45.2 Å². The molecule has 0 aliphatic carbocycles. The molecule has 1 unspecified atom stereocenters. The Morgan fingerprint density at radius 2 is 2.00 bits per heavy atom. The van der Waals surface area contributed by atoms with Gasteiger partial charge in [0.15, 0.2) is 0 Å². The van der Waals surface area contributed by atoms with Crippen LogP contribution in [0.3, 0.4) is 0 Å². The van der Waals surface area contributed by atoms with E-state index < -0.39 is 3.93 Å². The lowest BCUT2D eigenvalue weighted by molar-refractivity contribution is 0.116. The number of rotatable bonds is 5. The van der Waals surface area contributed by atoms with Crippen LogP contribution >= 0.6 is 45.2 Å². The van der Waals surface area contributed by atoms with Gasteiger partial charge in [-0.25, -0.2) is 0 Å². The number of hydrogen-bond acceptors (Lipinski definition) is 0. The van der Waals surface area contributed by atoms with E-state index in [1.807, 2.05) is 0 Å². The van der Waals surface area contributed by atoms with Crippen molar-refractivity contribution in [2.75, 3.05) is 0 Å². The zero-order valence-corrected chi connectivity index (χ0v) is 10.7. The molecular formula is C7H12F2I2. The maximum atomic E-state index is 12.4. The van der Waals surface area contributed by atoms with Crippen LogP contribution in [0.25, 0.3) is 0 Å². The van der Waals surface area contributed by atoms with Crippen LogP contribution in [-0.4, -0.2) is 7.85 Å². The maximum Gasteiger partial charge on any atom is 0.297 e. The van der Waals surface area contributed by atoms with Crippen LogP contribution in [-0.2, 0) is 0 Å². The third-order valence-electron chi connectivity index (χ3n) is 1.32. The molecule has 0 aromatic carbocycles. The molecule has 0 bridgehead atoms. The first kappa shape index (κ1) is 12.3. The highest BCUT2D eigenvalue weighted by Crippen LogP contribution is 2.32. The first-order chi connectivity index (χ1) is 4.95. The lowest BCUT2D eigenvalue weighted by Crippen LogP contribution is -2.12. The summed E-state index contributed by atoms with van der Waals surface area (Å²) in [6.07, 6.45) is 3.07. The number of unbranched alkanes of at least 4 members (excludes halogenated alkanes) is 1. The van der Waals surface area contributed by atoms with E-state index in [-0.39, 0.29) is 10.3 Å². The highest BCUT2D eigenvalue weighted by molar-refractivity contribution is 14.1. The zero-order chi connectivity index (χ0) is 8.91. The van der Waals surface area contributed by atoms with Gasteiger partial charge < -0.3 is 0 Å². The van der Waals surface area contributed by atoms with Gasteiger partial charge in [0.1, 0.15) is 0 Å². The van der Waals surface area contributed by atoms with Crippen LogP contribution in [0, 0.1) is 0 Å². The van der Waals surface area contributed by atoms with Gasteiger partial charge in [-0.05, 0) is 29.0 Å². The first-order valence-electron chi connectivity index (χ1n) is 3.66. The molecule has 0 heterocycles. The summed E-state index contributed by atoms with van der Waals surface area (Å²) in [5.74, 6) is 0. The molecule has 0 fully saturated rings. The summed E-state index contributed by atoms with van der Waals surface area (Å²) >= 11 is 3.31. The normalized spacial score (nSPS) is 15.0. The van der Waals surface area contributed by atoms with Crippen LogP contribution in [0.5, 0.6) is 0 Å². The smallest absolute Gasteiger partial charge is 0.195 e. The van der Waals surface area contributed by atoms with Crippen LogP contribution < -0.4 is 0 Å². The minimum absolute atomic E-state index is 0.00806. The largest absolute Gasteiger partial charge is 0.297 e. The van der Waals surface area contributed by atoms with Crippen molar-refractivity contribution in [2.45, 2.75) is 40.5 Å². The molecule has 0 N–H and O–H groups in total. The van der Waals surface area contributed by atoms with Gasteiger partial charge >= 0.3 is 0 Å². The fourth-order valence-corrected chi connectivity index (χ4v) is 3.15. The van der Waals surface area contributed by atoms with Crippen LogP contribution in [0.1, 0.15) is 32.6 Å². The lowest BCUT2D eigenvalue weighted by Gasteiger charge is -2.12. The summed E-state index contributed by atoms with van der Waals surface area (Å²) in [7, 11) is 0. The fourth-order valence-electron chi connectivity index (χ4n) is 0.779. The molecule has 0 aromatic rings. The van der Waals surface area contributed by atoms with Gasteiger partial charge in [-0.15, -0.1) is 0 Å². The molecule has 11 heavy (non-hydrogen) atoms. The van der Waals surface area contributed by atoms with E-state index in [1.165, 1.54) is 22.6 Å². The SMILES string of the molecule is CCCCC(I)CC(F)(F)I. The number of halogens is 4. The third-order valence-corrected chi connectivity index (χ3v) is 2.83. The molecule has 0 aromatic heterocycles. The molecule has 0 saturated carbocycles. The van der Waals surface area contributed by atoms with Crippen LogP contribution in [0.15, 0.2) is 0 Å². The molecule has 68 valence electrons. The van der Waals surface area contributed by atoms with E-state index in [2.05, 4.69) is 29.5 Å². The first-order valence-corrected chi connectivity index (χ1v) is 5.99. The standard InChI is InChI=1S/C7H12F2I2/c1-2-3-4-6(10)5-7(8,9)11/h6H,2-5H2,1H3. The van der Waals surface area contributed by atoms with Gasteiger partial charge in [0, 0.05) is 10.3 Å². The quantitative estimate of drug-likeness (QED) is 0.484. The van der Waals surface area contributed by atoms with E-state index in [0.717, 1.165) is 19.3 Å². The third kappa shape index (κ3) is 9.23. The Kier molecular flexibility index (Phi) is 6.58. The summed E-state index contributed by atoms with van der Waals surface area (Å²) in [6, 6.07) is 0. The average Bonchev–Trinajstić information content (AvgIpc) is 1.79. The van der Waals surface area contributed by atoms with E-state index in [0.29, 0.717) is 0 Å². The highest BCUT2D eigenvalue weighted by atomic mass is 127. The van der Waals surface area contributed by atoms with Gasteiger partial charge in [-0.3, -0.25) is 0 Å². The molecule has 0 radical (unpaired) electrons. The van der Waals surface area contributed by atoms with Crippen molar-refractivity contribution in [3.63, 3.8) is 0 Å². The predicted octanol–water partition coefficient (Wildman–Crippen LogP) is 4.40. The Balaban J connectivity index is 3.44. The highest BCUT2D eigenvalue weighted by Gasteiger charge is 2.26. The molecule has 0 spiro atoms. The molecule has 0 nitrogen and oxygen atoms in total. The maximum absolute atomic E-state index is 12.4. The molecule has 0 amide bonds. The van der Waals surface area contributed by atoms with E-state index in [1.54, 1.807) is 0 Å². The van der Waals surface area contributed by atoms with Gasteiger partial charge in [0.25, 0.3) is 3.93 Å². The van der Waals surface area contributed by atoms with E-state index in [4.69, 9.17) is 0 Å². The van der Waals surface area contributed by atoms with Gasteiger partial charge in [-0.2, -0.15) is 8.78 Å². The summed E-state index contributed by atoms with van der Waals surface area (Å²) in [5.41, 5.74) is 0. The molecule has 0 rings (SSSR count). The minimum atomic E-state index is -2.52. The molecular weight excluding hydrogens is 376 g/mol. The Labute approximate surface area is 93.8 Å². The van der Waals surface area contributed by atoms with E-state index in [9.17, 15) is 8.78 Å². The Morgan fingerprint density at radius 3 is 2.36 bits per heavy atom. The Hall–Kier alpha value is 1.32. The van der Waals surface area contributed by atoms with Crippen molar-refractivity contribution in [3.8, 4) is 0 Å². The Bertz CT molecular complexity index is 101. The Morgan fingerprint density at radius 1 is 1.45 bits per heavy atom. The van der Waals surface area contributed by atoms with E-state index >= 15 is 0 Å². The predicted molar refractivity (Wildman–Crippen MR) is 60.9 cm³/mol. The summed E-state index contributed by atoms with van der Waals surface area (Å²) < 4.78 is 22.4. The summed E-state index contributed by atoms with van der Waals surface area (Å²) in [6.45, 7) is 2.07. The average molecular weight is 388 g/mol. The topological polar surface area (TPSA) is 0 Å². The second kappa shape index (κ2) is 5.88. The van der Waals surface area contributed by atoms with Crippen molar-refractivity contribution < 1.29 is 8.78 Å². The molecule has 1 atom stereocenters. The van der Waals surface area contributed by atoms with Gasteiger partial charge in [-0.1, -0.05) is 42.4 Å². The van der Waals surface area contributed by atoms with Crippen molar-refractivity contribution in [2.24, 2.45) is 0 Å². The number of hydrogen-bond donors (Lipinski definition) is 0. The van der Waals surface area contributed by atoms with Gasteiger partial charge in [0.2, 0.25) is 0 Å². The van der Waals surface area contributed by atoms with Crippen LogP contribution in [0.2, 0.25) is 0 Å². The second-order valence-corrected chi connectivity index (χ2v) is 5.90. The molecule has 4 heteroatoms. The molecule has 0 aliphatic heterocycles. The molecule has 0 saturated heterocycles. The zero-order valence-electron chi connectivity index (χ0n) is 6.42. The molecule has 0 aliphatic rings. The summed E-state index contributed by atoms with van der Waals surface area (Å²) in [4.78, 5) is 0. The van der Waals surface area contributed by atoms with Crippen LogP contribution in [0.4, 0.5) is 8.78 Å². The van der Waals surface area contributed by atoms with Crippen molar-refractivity contribution in [1.29, 1.82) is 0 Å².